The summed E-state index contributed by atoms with van der Waals surface area (Å²) in [4.78, 5) is 129. The van der Waals surface area contributed by atoms with E-state index in [1.807, 2.05) is 256 Å². The minimum Gasteiger partial charge on any atom is -0.813 e. The number of thiol groups is 1. The smallest absolute Gasteiger partial charge is 0.266 e. The molecule has 748 valence electrons. The van der Waals surface area contributed by atoms with Crippen molar-refractivity contribution < 1.29 is 62.4 Å². The molecule has 0 fully saturated rings. The van der Waals surface area contributed by atoms with E-state index < -0.39 is 47.3 Å². The molecule has 19 aromatic carbocycles. The number of amides is 8. The third-order valence-corrected chi connectivity index (χ3v) is 29.8. The van der Waals surface area contributed by atoms with E-state index >= 15 is 19.2 Å². The number of carbonyl (C=O) groups excluding carboxylic acids is 8. The first-order valence-electron chi connectivity index (χ1n) is 49.6. The van der Waals surface area contributed by atoms with Gasteiger partial charge in [0.15, 0.2) is 0 Å². The topological polar surface area (TPSA) is 207 Å². The van der Waals surface area contributed by atoms with Crippen molar-refractivity contribution >= 4 is 230 Å². The number of fused-ring (bicyclic) bond motifs is 4. The molecule has 23 rings (SSSR count). The maximum atomic E-state index is 16.1. The van der Waals surface area contributed by atoms with E-state index in [0.717, 1.165) is 44.5 Å². The van der Waals surface area contributed by atoms with Crippen molar-refractivity contribution in [3.63, 3.8) is 0 Å². The number of imide groups is 4. The van der Waals surface area contributed by atoms with E-state index in [2.05, 4.69) is 55.4 Å². The number of hydrogen-bond donors (Lipinski definition) is 1. The average molecular weight is 2090 g/mol. The molecule has 0 bridgehead atoms. The molecule has 149 heavy (non-hydrogen) atoms. The van der Waals surface area contributed by atoms with Gasteiger partial charge in [-0.1, -0.05) is 321 Å². The predicted molar refractivity (Wildman–Crippen MR) is 612 cm³/mol. The molecule has 0 unspecified atom stereocenters. The number of carbonyl (C=O) groups is 8. The lowest BCUT2D eigenvalue weighted by Crippen LogP contribution is -2.42. The van der Waals surface area contributed by atoms with Crippen LogP contribution in [0.2, 0.25) is 20.1 Å². The molecule has 0 radical (unpaired) electrons. The van der Waals surface area contributed by atoms with Gasteiger partial charge in [-0.25, -0.2) is 19.6 Å². The second kappa shape index (κ2) is 40.0. The number of aromatic hydroxyl groups is 1. The van der Waals surface area contributed by atoms with Gasteiger partial charge in [0, 0.05) is 106 Å². The van der Waals surface area contributed by atoms with Gasteiger partial charge in [0.25, 0.3) is 47.3 Å². The average Bonchev–Trinajstić information content (AvgIpc) is 0.671. The molecule has 0 saturated carbocycles. The summed E-state index contributed by atoms with van der Waals surface area (Å²) in [6, 6.07) is 82.7. The lowest BCUT2D eigenvalue weighted by Gasteiger charge is -2.35. The first-order valence-corrected chi connectivity index (χ1v) is 51.1. The number of anilines is 4. The summed E-state index contributed by atoms with van der Waals surface area (Å²) in [6.45, 7) is 32.7. The zero-order valence-electron chi connectivity index (χ0n) is 84.7. The Labute approximate surface area is 896 Å². The summed E-state index contributed by atoms with van der Waals surface area (Å²) >= 11 is 29.2. The molecular weight excluding hydrogens is 1980 g/mol. The molecule has 0 atom stereocenters. The molecule has 4 aliphatic heterocycles. The third-order valence-electron chi connectivity index (χ3n) is 28.7. The van der Waals surface area contributed by atoms with Crippen LogP contribution >= 0.6 is 59.9 Å². The molecule has 4 aliphatic rings. The van der Waals surface area contributed by atoms with E-state index in [4.69, 9.17) is 70.5 Å². The third kappa shape index (κ3) is 16.8. The first-order chi connectivity index (χ1) is 70.6. The van der Waals surface area contributed by atoms with Crippen molar-refractivity contribution in [2.45, 2.75) is 158 Å². The first kappa shape index (κ1) is 103. The summed E-state index contributed by atoms with van der Waals surface area (Å²) in [5, 5.41) is 16.2. The molecule has 0 saturated heterocycles. The van der Waals surface area contributed by atoms with Crippen LogP contribution in [0.4, 0.5) is 22.7 Å². The van der Waals surface area contributed by atoms with Crippen molar-refractivity contribution in [1.82, 2.24) is 0 Å². The van der Waals surface area contributed by atoms with Crippen molar-refractivity contribution in [3.05, 3.63) is 382 Å². The van der Waals surface area contributed by atoms with Crippen LogP contribution in [0.3, 0.4) is 0 Å². The fourth-order valence-electron chi connectivity index (χ4n) is 22.1. The lowest BCUT2D eigenvalue weighted by molar-refractivity contribution is 0.0877. The van der Waals surface area contributed by atoms with Crippen LogP contribution in [0.1, 0.15) is 285 Å². The lowest BCUT2D eigenvalue weighted by atomic mass is 9.80. The van der Waals surface area contributed by atoms with Gasteiger partial charge in [0.2, 0.25) is 0 Å². The Kier molecular flexibility index (Phi) is 27.6. The van der Waals surface area contributed by atoms with Crippen LogP contribution in [-0.2, 0) is 13.5 Å². The Morgan fingerprint density at radius 3 is 0.510 bits per heavy atom. The van der Waals surface area contributed by atoms with Crippen LogP contribution < -0.4 is 38.5 Å². The van der Waals surface area contributed by atoms with Crippen LogP contribution in [0.5, 0.6) is 51.7 Å². The highest BCUT2D eigenvalue weighted by atomic mass is 35.5. The molecule has 19 aromatic rings. The number of benzene rings is 19. The molecule has 4 heterocycles. The van der Waals surface area contributed by atoms with E-state index in [1.165, 1.54) is 19.6 Å². The Balaban J connectivity index is 0.000000182. The van der Waals surface area contributed by atoms with Crippen LogP contribution in [0, 0.1) is 0 Å². The second-order valence-corrected chi connectivity index (χ2v) is 42.1. The molecular formula is C126H105Cl4N4O13S2-. The monoisotopic (exact) mass is 2090 g/mol. The highest BCUT2D eigenvalue weighted by Gasteiger charge is 2.48. The molecule has 17 nitrogen and oxygen atoms in total. The molecule has 0 aliphatic carbocycles. The maximum Gasteiger partial charge on any atom is 0.266 e. The van der Waals surface area contributed by atoms with Crippen LogP contribution in [0.25, 0.3) is 86.2 Å². The van der Waals surface area contributed by atoms with Crippen molar-refractivity contribution in [3.8, 4) is 51.7 Å². The Morgan fingerprint density at radius 2 is 0.356 bits per heavy atom. The van der Waals surface area contributed by atoms with Crippen LogP contribution in [0.15, 0.2) is 273 Å². The summed E-state index contributed by atoms with van der Waals surface area (Å²) in [7, 11) is 0. The van der Waals surface area contributed by atoms with Gasteiger partial charge in [0.05, 0.1) is 67.3 Å². The maximum absolute atomic E-state index is 16.1. The van der Waals surface area contributed by atoms with Crippen LogP contribution in [-0.4, -0.2) is 52.4 Å². The highest BCUT2D eigenvalue weighted by molar-refractivity contribution is 7.59. The van der Waals surface area contributed by atoms with Gasteiger partial charge in [0.1, 0.15) is 51.7 Å². The Bertz CT molecular complexity index is 7890. The van der Waals surface area contributed by atoms with Gasteiger partial charge in [-0.05, 0) is 201 Å². The molecule has 0 spiro atoms. The minimum atomic E-state index is -0.532. The summed E-state index contributed by atoms with van der Waals surface area (Å²) in [5.74, 6) is -1.20. The molecule has 0 aromatic heterocycles. The van der Waals surface area contributed by atoms with Gasteiger partial charge in [-0.3, -0.25) is 38.4 Å². The summed E-state index contributed by atoms with van der Waals surface area (Å²) < 4.78 is 28.6. The number of rotatable bonds is 20. The number of ether oxygens (including phenoxy) is 4. The van der Waals surface area contributed by atoms with E-state index in [0.29, 0.717) is 138 Å². The fraction of sp³-hybridized carbons (Fsp3) is 0.190. The normalized spacial score (nSPS) is 13.4. The fourth-order valence-corrected chi connectivity index (χ4v) is 23.3. The zero-order chi connectivity index (χ0) is 103. The minimum absolute atomic E-state index is 0. The van der Waals surface area contributed by atoms with Gasteiger partial charge in [-0.15, -0.1) is 0 Å². The predicted octanol–water partition coefficient (Wildman–Crippen LogP) is 34.7. The Hall–Kier alpha value is -14.8. The van der Waals surface area contributed by atoms with E-state index in [1.54, 1.807) is 72.8 Å². The SMILES string of the molecule is CC(C)c1cccc(C(C)C)c1N1C(=O)c2cc(Cl)c3c4c(Cl)cc5c6c(cc(Cl)c(c7c(Cl)cc(c2c37)C1=O)c64)C(=O)N(c1c(C(C)C)cccc1C(C)C)C5=O.CC(C)c1cccc(C(C)C)c1N1C(=O)c2cc(Oc3ccccc3)c3c4c(Oc5ccccc5)cc5c6c(cc(Oc7ccccc7)c(c7c(Oc8ccccc8)cc(c2c37)C1=O)c64)C(=O)N(c1c(C(C)C)cccc1C(C)C)C5=O.Oc1ccccc1.S.[SH-]. The standard InChI is InChI=1S/C72H58N2O8.C48H38Cl4N2O4.C6H6O.2H2S/c1-39(2)47-31-21-32-48(40(3)4)67(47)73-69(75)51-35-55(79-43-23-13-9-14-24-43)61-63-57(81-45-27-17-11-18-28-45)37-53-60-54(72(78)74(71(53)77)68-49(41(5)6)33-22-34-50(68)42(7)8)38-58(82-46-29-19-12-20-30-46)64(66(60)63)62-56(80-44-25-15-10-16-26-44)36-52(70(73)76)59(51)65(61)62;1-19(2)23-11-9-12-24(20(3)4)43(23)53-45(55)27-15-31(49)37-39-33(51)17-29-36-30(48(58)54(47(29)57)44-25(21(5)6)13-10-14-26(44)22(7)8)18-34(52)40(42(36)39)38-32(50)16-28(46(53)56)35(27)41(37)38;7-6-4-2-1-3-5-6;;/h9-42H,1-8H3;9-22H,1-8H3;1-5,7H;2*1H2/p-1. The highest BCUT2D eigenvalue weighted by Crippen LogP contribution is 2.62. The number of nitrogens with zero attached hydrogens (tertiary/aromatic N) is 4. The number of para-hydroxylation sites is 9. The number of phenols is 1. The largest absolute Gasteiger partial charge is 0.813 e. The van der Waals surface area contributed by atoms with Crippen molar-refractivity contribution in [2.75, 3.05) is 19.6 Å². The van der Waals surface area contributed by atoms with Gasteiger partial charge >= 0.3 is 0 Å². The quantitative estimate of drug-likeness (QED) is 0.0248. The second-order valence-electron chi connectivity index (χ2n) is 40.5. The Morgan fingerprint density at radius 1 is 0.201 bits per heavy atom. The number of halogens is 4. The molecule has 23 heteroatoms. The van der Waals surface area contributed by atoms with Crippen molar-refractivity contribution in [2.24, 2.45) is 0 Å². The zero-order valence-corrected chi connectivity index (χ0v) is 89.6. The van der Waals surface area contributed by atoms with Gasteiger partial charge < -0.3 is 37.5 Å². The van der Waals surface area contributed by atoms with E-state index in [-0.39, 0.29) is 162 Å². The number of phenolic OH excluding ortho intramolecular Hbond substituents is 1. The summed E-state index contributed by atoms with van der Waals surface area (Å²) in [6.07, 6.45) is 0. The molecule has 1 N–H and O–H groups in total. The summed E-state index contributed by atoms with van der Waals surface area (Å²) in [5.41, 5.74) is 10.8. The molecule has 8 amide bonds. The van der Waals surface area contributed by atoms with Crippen molar-refractivity contribution in [1.29, 1.82) is 0 Å². The van der Waals surface area contributed by atoms with E-state index in [9.17, 15) is 19.2 Å². The number of hydrogen-bond acceptors (Lipinski definition) is 14. The van der Waals surface area contributed by atoms with Gasteiger partial charge in [-0.2, -0.15) is 13.5 Å².